The predicted molar refractivity (Wildman–Crippen MR) is 146 cm³/mol. The summed E-state index contributed by atoms with van der Waals surface area (Å²) in [5.41, 5.74) is 0.836. The van der Waals surface area contributed by atoms with Gasteiger partial charge in [0.1, 0.15) is 18.4 Å². The molecule has 1 N–H and O–H groups in total. The molecule has 0 aromatic heterocycles. The lowest BCUT2D eigenvalue weighted by molar-refractivity contribution is -0.139. The molecule has 3 aromatic carbocycles. The molecule has 3 rings (SSSR count). The molecular weight excluding hydrogens is 525 g/mol. The number of sulfonamides is 1. The molecule has 0 bridgehead atoms. The first kappa shape index (κ1) is 29.4. The van der Waals surface area contributed by atoms with E-state index in [0.29, 0.717) is 17.9 Å². The van der Waals surface area contributed by atoms with E-state index in [9.17, 15) is 22.4 Å². The van der Waals surface area contributed by atoms with Crippen molar-refractivity contribution >= 4 is 27.5 Å². The number of carbonyl (C=O) groups is 2. The molecule has 208 valence electrons. The number of hydrogen-bond acceptors (Lipinski definition) is 6. The van der Waals surface area contributed by atoms with Crippen LogP contribution in [0.5, 0.6) is 11.5 Å². The van der Waals surface area contributed by atoms with Crippen LogP contribution in [0, 0.1) is 5.82 Å². The van der Waals surface area contributed by atoms with Crippen molar-refractivity contribution in [1.29, 1.82) is 0 Å². The van der Waals surface area contributed by atoms with Crippen molar-refractivity contribution in [2.75, 3.05) is 31.6 Å². The fraction of sp³-hybridized carbons (Fsp3) is 0.286. The maximum atomic E-state index is 13.9. The van der Waals surface area contributed by atoms with Crippen molar-refractivity contribution in [3.8, 4) is 11.5 Å². The highest BCUT2D eigenvalue weighted by atomic mass is 32.2. The van der Waals surface area contributed by atoms with E-state index in [0.717, 1.165) is 4.31 Å². The molecule has 11 heteroatoms. The van der Waals surface area contributed by atoms with Crippen LogP contribution < -0.4 is 19.1 Å². The summed E-state index contributed by atoms with van der Waals surface area (Å²) in [4.78, 5) is 27.7. The zero-order chi connectivity index (χ0) is 28.6. The Kier molecular flexibility index (Phi) is 9.89. The number of rotatable bonds is 12. The van der Waals surface area contributed by atoms with Gasteiger partial charge in [-0.25, -0.2) is 12.8 Å². The van der Waals surface area contributed by atoms with Crippen molar-refractivity contribution < 1.29 is 31.9 Å². The zero-order valence-electron chi connectivity index (χ0n) is 22.3. The second-order valence-electron chi connectivity index (χ2n) is 8.58. The third kappa shape index (κ3) is 7.05. The molecule has 0 saturated heterocycles. The smallest absolute Gasteiger partial charge is 0.264 e. The number of benzene rings is 3. The Hall–Kier alpha value is -4.12. The third-order valence-electron chi connectivity index (χ3n) is 6.05. The van der Waals surface area contributed by atoms with Crippen molar-refractivity contribution in [3.05, 3.63) is 84.2 Å². The van der Waals surface area contributed by atoms with Crippen LogP contribution in [0.25, 0.3) is 0 Å². The fourth-order valence-corrected chi connectivity index (χ4v) is 5.35. The summed E-state index contributed by atoms with van der Waals surface area (Å²) in [5.74, 6) is -0.904. The van der Waals surface area contributed by atoms with Crippen LogP contribution in [0.15, 0.2) is 77.7 Å². The average Bonchev–Trinajstić information content (AvgIpc) is 2.95. The molecule has 39 heavy (non-hydrogen) atoms. The Morgan fingerprint density at radius 2 is 1.59 bits per heavy atom. The van der Waals surface area contributed by atoms with Crippen LogP contribution in [0.4, 0.5) is 10.1 Å². The number of ether oxygens (including phenoxy) is 2. The normalized spacial score (nSPS) is 11.8. The summed E-state index contributed by atoms with van der Waals surface area (Å²) in [5, 5.41) is 2.69. The number of nitrogens with one attached hydrogen (secondary N) is 1. The van der Waals surface area contributed by atoms with Crippen molar-refractivity contribution in [2.24, 2.45) is 0 Å². The molecule has 1 atom stereocenters. The van der Waals surface area contributed by atoms with Gasteiger partial charge in [0.05, 0.1) is 24.8 Å². The molecule has 0 radical (unpaired) electrons. The summed E-state index contributed by atoms with van der Waals surface area (Å²) >= 11 is 0. The Labute approximate surface area is 228 Å². The maximum Gasteiger partial charge on any atom is 0.264 e. The van der Waals surface area contributed by atoms with E-state index < -0.39 is 40.2 Å². The minimum Gasteiger partial charge on any atom is -0.493 e. The molecule has 0 aliphatic carbocycles. The number of hydrogen-bond donors (Lipinski definition) is 1. The predicted octanol–water partition coefficient (Wildman–Crippen LogP) is 3.59. The number of carbonyl (C=O) groups excluding carboxylic acids is 2. The van der Waals surface area contributed by atoms with Gasteiger partial charge < -0.3 is 19.7 Å². The zero-order valence-corrected chi connectivity index (χ0v) is 23.1. The summed E-state index contributed by atoms with van der Waals surface area (Å²) in [6.45, 7) is 3.04. The Bertz CT molecular complexity index is 1380. The summed E-state index contributed by atoms with van der Waals surface area (Å²) in [6, 6.07) is 16.9. The number of amides is 2. The highest BCUT2D eigenvalue weighted by molar-refractivity contribution is 7.92. The quantitative estimate of drug-likeness (QED) is 0.365. The first-order valence-corrected chi connectivity index (χ1v) is 13.7. The summed E-state index contributed by atoms with van der Waals surface area (Å²) < 4.78 is 52.8. The second kappa shape index (κ2) is 13.1. The number of nitrogens with zero attached hydrogens (tertiary/aromatic N) is 2. The van der Waals surface area contributed by atoms with Crippen molar-refractivity contribution in [1.82, 2.24) is 10.2 Å². The minimum atomic E-state index is -4.27. The third-order valence-corrected chi connectivity index (χ3v) is 7.82. The van der Waals surface area contributed by atoms with Gasteiger partial charge in [-0.15, -0.1) is 0 Å². The van der Waals surface area contributed by atoms with Gasteiger partial charge in [-0.05, 0) is 55.8 Å². The van der Waals surface area contributed by atoms with E-state index in [2.05, 4.69) is 5.32 Å². The molecule has 0 fully saturated rings. The van der Waals surface area contributed by atoms with E-state index in [1.807, 2.05) is 0 Å². The van der Waals surface area contributed by atoms with Crippen LogP contribution >= 0.6 is 0 Å². The number of likely N-dealkylation sites (N-methyl/N-ethyl adjacent to an activating group) is 1. The minimum absolute atomic E-state index is 0.0313. The first-order valence-electron chi connectivity index (χ1n) is 12.2. The van der Waals surface area contributed by atoms with Gasteiger partial charge in [-0.1, -0.05) is 30.3 Å². The fourth-order valence-electron chi connectivity index (χ4n) is 3.92. The van der Waals surface area contributed by atoms with Gasteiger partial charge >= 0.3 is 0 Å². The number of para-hydroxylation sites is 1. The van der Waals surface area contributed by atoms with Crippen LogP contribution in [-0.4, -0.2) is 58.5 Å². The molecule has 0 unspecified atom stereocenters. The van der Waals surface area contributed by atoms with E-state index in [-0.39, 0.29) is 22.9 Å². The monoisotopic (exact) mass is 557 g/mol. The molecule has 0 aliphatic rings. The molecule has 0 aliphatic heterocycles. The highest BCUT2D eigenvalue weighted by Crippen LogP contribution is 2.32. The molecule has 0 spiro atoms. The van der Waals surface area contributed by atoms with Crippen LogP contribution in [0.3, 0.4) is 0 Å². The Morgan fingerprint density at radius 1 is 0.949 bits per heavy atom. The van der Waals surface area contributed by atoms with E-state index in [1.54, 1.807) is 44.2 Å². The van der Waals surface area contributed by atoms with Crippen molar-refractivity contribution in [3.63, 3.8) is 0 Å². The van der Waals surface area contributed by atoms with Crippen molar-refractivity contribution in [2.45, 2.75) is 31.3 Å². The van der Waals surface area contributed by atoms with Crippen LogP contribution in [0.2, 0.25) is 0 Å². The molecular formula is C28H32FN3O6S. The lowest BCUT2D eigenvalue weighted by Crippen LogP contribution is -2.51. The van der Waals surface area contributed by atoms with Gasteiger partial charge in [-0.3, -0.25) is 13.9 Å². The number of anilines is 1. The van der Waals surface area contributed by atoms with E-state index >= 15 is 0 Å². The lowest BCUT2D eigenvalue weighted by Gasteiger charge is -2.32. The second-order valence-corrected chi connectivity index (χ2v) is 10.4. The maximum absolute atomic E-state index is 13.9. The molecule has 0 saturated carbocycles. The van der Waals surface area contributed by atoms with E-state index in [4.69, 9.17) is 9.47 Å². The Morgan fingerprint density at radius 3 is 2.18 bits per heavy atom. The lowest BCUT2D eigenvalue weighted by atomic mass is 10.1. The molecule has 0 heterocycles. The van der Waals surface area contributed by atoms with Gasteiger partial charge in [-0.2, -0.15) is 0 Å². The largest absolute Gasteiger partial charge is 0.493 e. The Balaban J connectivity index is 2.03. The van der Waals surface area contributed by atoms with Crippen LogP contribution in [0.1, 0.15) is 19.4 Å². The number of methoxy groups -OCH3 is 2. The van der Waals surface area contributed by atoms with Crippen LogP contribution in [-0.2, 0) is 26.2 Å². The molecule has 2 amide bonds. The summed E-state index contributed by atoms with van der Waals surface area (Å²) in [7, 11) is -1.45. The topological polar surface area (TPSA) is 105 Å². The first-order chi connectivity index (χ1) is 18.6. The number of halogens is 1. The highest BCUT2D eigenvalue weighted by Gasteiger charge is 2.33. The van der Waals surface area contributed by atoms with Gasteiger partial charge in [0, 0.05) is 19.2 Å². The molecule has 9 nitrogen and oxygen atoms in total. The summed E-state index contributed by atoms with van der Waals surface area (Å²) in [6.07, 6.45) is 0. The van der Waals surface area contributed by atoms with Gasteiger partial charge in [0.15, 0.2) is 11.5 Å². The van der Waals surface area contributed by atoms with Gasteiger partial charge in [0.25, 0.3) is 10.0 Å². The van der Waals surface area contributed by atoms with Gasteiger partial charge in [0.2, 0.25) is 11.8 Å². The molecule has 3 aromatic rings. The average molecular weight is 558 g/mol. The van der Waals surface area contributed by atoms with E-state index in [1.165, 1.54) is 61.6 Å². The standard InChI is InChI=1S/C28H32FN3O6S/c1-5-30-28(34)20(2)31(18-21-11-13-22(29)14-12-21)27(33)19-32(23-9-7-6-8-10-23)39(35,36)24-15-16-25(37-3)26(17-24)38-4/h6-17,20H,5,18-19H2,1-4H3,(H,30,34)/t20-/m0/s1. The SMILES string of the molecule is CCNC(=O)[C@H](C)N(Cc1ccc(F)cc1)C(=O)CN(c1ccccc1)S(=O)(=O)c1ccc(OC)c(OC)c1.